The Hall–Kier alpha value is -1.60. The first-order chi connectivity index (χ1) is 8.17. The summed E-state index contributed by atoms with van der Waals surface area (Å²) in [6.45, 7) is 1.92. The Bertz CT molecular complexity index is 411. The number of amides is 1. The maximum atomic E-state index is 11.7. The predicted molar refractivity (Wildman–Crippen MR) is 65.8 cm³/mol. The first-order valence-corrected chi connectivity index (χ1v) is 5.93. The Balaban J connectivity index is 2.54. The molecule has 1 atom stereocenters. The Kier molecular flexibility index (Phi) is 5.44. The van der Waals surface area contributed by atoms with E-state index in [0.29, 0.717) is 17.1 Å². The van der Waals surface area contributed by atoms with E-state index in [9.17, 15) is 4.79 Å². The van der Waals surface area contributed by atoms with E-state index in [2.05, 4.69) is 10.3 Å². The molecule has 0 spiro atoms. The van der Waals surface area contributed by atoms with Gasteiger partial charge in [0.2, 0.25) is 0 Å². The highest BCUT2D eigenvalue weighted by molar-refractivity contribution is 6.17. The van der Waals surface area contributed by atoms with Crippen LogP contribution in [0.3, 0.4) is 0 Å². The van der Waals surface area contributed by atoms with Crippen molar-refractivity contribution in [1.82, 2.24) is 10.3 Å². The fraction of sp³-hybridized carbons (Fsp3) is 0.417. The first-order valence-electron chi connectivity index (χ1n) is 5.40. The average molecular weight is 252 g/mol. The molecule has 1 amide bonds. The molecule has 4 nitrogen and oxygen atoms in total. The third-order valence-corrected chi connectivity index (χ3v) is 2.54. The number of carbonyl (C=O) groups is 1. The Morgan fingerprint density at radius 2 is 2.41 bits per heavy atom. The zero-order valence-electron chi connectivity index (χ0n) is 9.61. The summed E-state index contributed by atoms with van der Waals surface area (Å²) < 4.78 is 0. The number of nitriles is 1. The molecular weight excluding hydrogens is 238 g/mol. The van der Waals surface area contributed by atoms with E-state index in [1.807, 2.05) is 13.0 Å². The summed E-state index contributed by atoms with van der Waals surface area (Å²) in [4.78, 5) is 15.7. The van der Waals surface area contributed by atoms with Gasteiger partial charge in [-0.15, -0.1) is 11.6 Å². The topological polar surface area (TPSA) is 65.8 Å². The van der Waals surface area contributed by atoms with Gasteiger partial charge in [-0.25, -0.2) is 4.98 Å². The zero-order valence-corrected chi connectivity index (χ0v) is 10.4. The van der Waals surface area contributed by atoms with E-state index >= 15 is 0 Å². The van der Waals surface area contributed by atoms with Crippen molar-refractivity contribution in [3.8, 4) is 6.07 Å². The van der Waals surface area contributed by atoms with Crippen molar-refractivity contribution in [2.45, 2.75) is 25.8 Å². The molecule has 0 aliphatic heterocycles. The van der Waals surface area contributed by atoms with E-state index in [4.69, 9.17) is 16.9 Å². The van der Waals surface area contributed by atoms with Crippen molar-refractivity contribution in [1.29, 1.82) is 5.26 Å². The standard InChI is InChI=1S/C12H14ClN3O/c1-9(3-2-6-13)16-12(17)11-5-4-10(7-14)8-15-11/h4-5,8-9H,2-3,6H2,1H3,(H,16,17). The number of halogens is 1. The third-order valence-electron chi connectivity index (χ3n) is 2.27. The molecule has 0 saturated carbocycles. The summed E-state index contributed by atoms with van der Waals surface area (Å²) in [5.74, 6) is 0.367. The van der Waals surface area contributed by atoms with E-state index in [1.165, 1.54) is 6.20 Å². The smallest absolute Gasteiger partial charge is 0.270 e. The molecule has 1 aromatic heterocycles. The van der Waals surface area contributed by atoms with Crippen LogP contribution in [0.15, 0.2) is 18.3 Å². The lowest BCUT2D eigenvalue weighted by Gasteiger charge is -2.12. The van der Waals surface area contributed by atoms with Crippen molar-refractivity contribution < 1.29 is 4.79 Å². The summed E-state index contributed by atoms with van der Waals surface area (Å²) in [5, 5.41) is 11.4. The molecular formula is C12H14ClN3O. The van der Waals surface area contributed by atoms with Crippen LogP contribution in [0.1, 0.15) is 35.8 Å². The molecule has 0 saturated heterocycles. The lowest BCUT2D eigenvalue weighted by molar-refractivity contribution is 0.0933. The molecule has 17 heavy (non-hydrogen) atoms. The number of alkyl halides is 1. The fourth-order valence-corrected chi connectivity index (χ4v) is 1.50. The molecule has 90 valence electrons. The molecule has 1 unspecified atom stereocenters. The number of hydrogen-bond acceptors (Lipinski definition) is 3. The lowest BCUT2D eigenvalue weighted by atomic mass is 10.2. The molecule has 1 rings (SSSR count). The molecule has 0 aliphatic carbocycles. The second kappa shape index (κ2) is 6.87. The van der Waals surface area contributed by atoms with Gasteiger partial charge in [0, 0.05) is 18.1 Å². The van der Waals surface area contributed by atoms with Crippen molar-refractivity contribution in [3.63, 3.8) is 0 Å². The molecule has 1 aromatic rings. The van der Waals surface area contributed by atoms with Crippen LogP contribution >= 0.6 is 11.6 Å². The number of carbonyl (C=O) groups excluding carboxylic acids is 1. The number of nitrogens with zero attached hydrogens (tertiary/aromatic N) is 2. The highest BCUT2D eigenvalue weighted by Crippen LogP contribution is 2.02. The minimum atomic E-state index is -0.225. The molecule has 1 N–H and O–H groups in total. The predicted octanol–water partition coefficient (Wildman–Crippen LogP) is 2.09. The second-order valence-electron chi connectivity index (χ2n) is 3.75. The van der Waals surface area contributed by atoms with Gasteiger partial charge in [-0.2, -0.15) is 5.26 Å². The normalized spacial score (nSPS) is 11.6. The van der Waals surface area contributed by atoms with Gasteiger partial charge in [-0.3, -0.25) is 4.79 Å². The van der Waals surface area contributed by atoms with Gasteiger partial charge in [0.25, 0.3) is 5.91 Å². The molecule has 1 heterocycles. The summed E-state index contributed by atoms with van der Waals surface area (Å²) >= 11 is 5.58. The largest absolute Gasteiger partial charge is 0.348 e. The molecule has 0 radical (unpaired) electrons. The Labute approximate surface area is 106 Å². The van der Waals surface area contributed by atoms with Crippen LogP contribution in [0.4, 0.5) is 0 Å². The zero-order chi connectivity index (χ0) is 12.7. The lowest BCUT2D eigenvalue weighted by Crippen LogP contribution is -2.33. The van der Waals surface area contributed by atoms with Crippen LogP contribution in [0.5, 0.6) is 0 Å². The summed E-state index contributed by atoms with van der Waals surface area (Å²) in [7, 11) is 0. The maximum Gasteiger partial charge on any atom is 0.270 e. The van der Waals surface area contributed by atoms with Gasteiger partial charge in [-0.1, -0.05) is 0 Å². The van der Waals surface area contributed by atoms with Crippen LogP contribution in [0, 0.1) is 11.3 Å². The number of aromatic nitrogens is 1. The van der Waals surface area contributed by atoms with Crippen LogP contribution < -0.4 is 5.32 Å². The highest BCUT2D eigenvalue weighted by atomic mass is 35.5. The molecule has 0 aliphatic rings. The van der Waals surface area contributed by atoms with Gasteiger partial charge in [0.1, 0.15) is 11.8 Å². The third kappa shape index (κ3) is 4.41. The first kappa shape index (κ1) is 13.5. The maximum absolute atomic E-state index is 11.7. The van der Waals surface area contributed by atoms with Gasteiger partial charge < -0.3 is 5.32 Å². The Morgan fingerprint density at radius 3 is 2.94 bits per heavy atom. The van der Waals surface area contributed by atoms with E-state index in [-0.39, 0.29) is 11.9 Å². The van der Waals surface area contributed by atoms with Crippen LogP contribution in [0.25, 0.3) is 0 Å². The average Bonchev–Trinajstić information content (AvgIpc) is 2.36. The number of pyridine rings is 1. The van der Waals surface area contributed by atoms with E-state index < -0.39 is 0 Å². The van der Waals surface area contributed by atoms with Gasteiger partial charge >= 0.3 is 0 Å². The van der Waals surface area contributed by atoms with Crippen LogP contribution in [0.2, 0.25) is 0 Å². The summed E-state index contributed by atoms with van der Waals surface area (Å²) in [6, 6.07) is 5.14. The van der Waals surface area contributed by atoms with Gasteiger partial charge in [0.15, 0.2) is 0 Å². The van der Waals surface area contributed by atoms with Crippen molar-refractivity contribution in [2.24, 2.45) is 0 Å². The van der Waals surface area contributed by atoms with Crippen LogP contribution in [-0.4, -0.2) is 22.8 Å². The molecule has 0 bridgehead atoms. The SMILES string of the molecule is CC(CCCCl)NC(=O)c1ccc(C#N)cn1. The number of nitrogens with one attached hydrogen (secondary N) is 1. The molecule has 0 aromatic carbocycles. The second-order valence-corrected chi connectivity index (χ2v) is 4.13. The summed E-state index contributed by atoms with van der Waals surface area (Å²) in [6.07, 6.45) is 3.09. The van der Waals surface area contributed by atoms with Crippen molar-refractivity contribution >= 4 is 17.5 Å². The summed E-state index contributed by atoms with van der Waals surface area (Å²) in [5.41, 5.74) is 0.762. The van der Waals surface area contributed by atoms with Crippen LogP contribution in [-0.2, 0) is 0 Å². The van der Waals surface area contributed by atoms with E-state index in [1.54, 1.807) is 12.1 Å². The monoisotopic (exact) mass is 251 g/mol. The van der Waals surface area contributed by atoms with Gasteiger partial charge in [-0.05, 0) is 31.9 Å². The molecule has 0 fully saturated rings. The number of rotatable bonds is 5. The minimum Gasteiger partial charge on any atom is -0.348 e. The fourth-order valence-electron chi connectivity index (χ4n) is 1.35. The highest BCUT2D eigenvalue weighted by Gasteiger charge is 2.10. The van der Waals surface area contributed by atoms with Gasteiger partial charge in [0.05, 0.1) is 5.56 Å². The Morgan fingerprint density at radius 1 is 1.65 bits per heavy atom. The van der Waals surface area contributed by atoms with Crippen molar-refractivity contribution in [2.75, 3.05) is 5.88 Å². The number of hydrogen-bond donors (Lipinski definition) is 1. The molecule has 5 heteroatoms. The minimum absolute atomic E-state index is 0.0682. The quantitative estimate of drug-likeness (QED) is 0.815. The van der Waals surface area contributed by atoms with E-state index in [0.717, 1.165) is 12.8 Å². The van der Waals surface area contributed by atoms with Crippen molar-refractivity contribution in [3.05, 3.63) is 29.6 Å².